The zero-order chi connectivity index (χ0) is 6.69. The maximum Gasteiger partial charge on any atom is 0.0990 e. The molecule has 1 atom stereocenters. The van der Waals surface area contributed by atoms with Crippen molar-refractivity contribution in [1.82, 2.24) is 20.7 Å². The maximum absolute atomic E-state index is 3.89. The molecule has 0 aromatic carbocycles. The Kier molecular flexibility index (Phi) is 1.79. The monoisotopic (exact) mass is 126 g/mol. The summed E-state index contributed by atoms with van der Waals surface area (Å²) in [4.78, 5) is 0. The number of aromatic nitrogens is 3. The highest BCUT2D eigenvalue weighted by atomic mass is 15.3. The molecule has 1 rings (SSSR count). The normalized spacial score (nSPS) is 13.6. The van der Waals surface area contributed by atoms with Crippen LogP contribution < -0.4 is 5.32 Å². The van der Waals surface area contributed by atoms with Gasteiger partial charge in [-0.1, -0.05) is 0 Å². The molecule has 4 heteroatoms. The molecule has 0 bridgehead atoms. The highest BCUT2D eigenvalue weighted by molar-refractivity contribution is 4.96. The van der Waals surface area contributed by atoms with E-state index >= 15 is 0 Å². The second-order valence-electron chi connectivity index (χ2n) is 1.91. The summed E-state index contributed by atoms with van der Waals surface area (Å²) < 4.78 is 0. The van der Waals surface area contributed by atoms with E-state index < -0.39 is 0 Å². The largest absolute Gasteiger partial charge is 0.312 e. The van der Waals surface area contributed by atoms with Gasteiger partial charge in [-0.15, -0.1) is 0 Å². The fourth-order valence-corrected chi connectivity index (χ4v) is 0.567. The number of aromatic amines is 1. The number of nitrogens with zero attached hydrogens (tertiary/aromatic N) is 2. The average molecular weight is 126 g/mol. The van der Waals surface area contributed by atoms with Crippen molar-refractivity contribution in [2.45, 2.75) is 13.0 Å². The molecule has 1 aromatic rings. The molecule has 9 heavy (non-hydrogen) atoms. The van der Waals surface area contributed by atoms with Gasteiger partial charge >= 0.3 is 0 Å². The zero-order valence-corrected chi connectivity index (χ0v) is 5.55. The highest BCUT2D eigenvalue weighted by Crippen LogP contribution is 2.03. The van der Waals surface area contributed by atoms with Gasteiger partial charge in [-0.2, -0.15) is 15.4 Å². The van der Waals surface area contributed by atoms with Gasteiger partial charge in [0.25, 0.3) is 0 Å². The zero-order valence-electron chi connectivity index (χ0n) is 5.55. The highest BCUT2D eigenvalue weighted by Gasteiger charge is 2.02. The quantitative estimate of drug-likeness (QED) is 0.590. The van der Waals surface area contributed by atoms with Crippen LogP contribution in [-0.2, 0) is 0 Å². The Morgan fingerprint density at radius 3 is 3.00 bits per heavy atom. The first-order valence-electron chi connectivity index (χ1n) is 2.87. The van der Waals surface area contributed by atoms with Gasteiger partial charge in [-0.25, -0.2) is 0 Å². The smallest absolute Gasteiger partial charge is 0.0990 e. The molecular formula is C5H10N4. The number of hydrogen-bond acceptors (Lipinski definition) is 3. The molecule has 0 aliphatic carbocycles. The van der Waals surface area contributed by atoms with E-state index in [2.05, 4.69) is 20.7 Å². The van der Waals surface area contributed by atoms with Crippen molar-refractivity contribution in [3.05, 3.63) is 11.9 Å². The molecule has 0 aliphatic rings. The van der Waals surface area contributed by atoms with Gasteiger partial charge in [0.1, 0.15) is 0 Å². The van der Waals surface area contributed by atoms with Crippen LogP contribution in [-0.4, -0.2) is 22.5 Å². The van der Waals surface area contributed by atoms with E-state index in [1.54, 1.807) is 6.20 Å². The molecule has 0 saturated heterocycles. The summed E-state index contributed by atoms with van der Waals surface area (Å²) in [6, 6.07) is 0.281. The Bertz CT molecular complexity index is 157. The summed E-state index contributed by atoms with van der Waals surface area (Å²) in [7, 11) is 1.89. The second-order valence-corrected chi connectivity index (χ2v) is 1.91. The third kappa shape index (κ3) is 1.26. The number of hydrogen-bond donors (Lipinski definition) is 2. The van der Waals surface area contributed by atoms with Crippen molar-refractivity contribution in [3.8, 4) is 0 Å². The summed E-state index contributed by atoms with van der Waals surface area (Å²) in [5.74, 6) is 0. The van der Waals surface area contributed by atoms with Crippen molar-refractivity contribution < 1.29 is 0 Å². The first kappa shape index (κ1) is 6.22. The van der Waals surface area contributed by atoms with E-state index in [0.717, 1.165) is 5.69 Å². The molecule has 1 aromatic heterocycles. The predicted octanol–water partition coefficient (Wildman–Crippen LogP) is 0.0851. The van der Waals surface area contributed by atoms with Gasteiger partial charge < -0.3 is 5.32 Å². The van der Waals surface area contributed by atoms with Crippen molar-refractivity contribution >= 4 is 0 Å². The lowest BCUT2D eigenvalue weighted by atomic mass is 10.3. The Labute approximate surface area is 53.7 Å². The molecule has 4 nitrogen and oxygen atoms in total. The van der Waals surface area contributed by atoms with Gasteiger partial charge in [-0.3, -0.25) is 0 Å². The van der Waals surface area contributed by atoms with Crippen LogP contribution in [0.25, 0.3) is 0 Å². The summed E-state index contributed by atoms with van der Waals surface area (Å²) in [6.45, 7) is 2.03. The SMILES string of the molecule is CNC(C)c1cn[nH]n1. The first-order chi connectivity index (χ1) is 4.34. The van der Waals surface area contributed by atoms with Crippen molar-refractivity contribution in [3.63, 3.8) is 0 Å². The van der Waals surface area contributed by atoms with E-state index in [1.165, 1.54) is 0 Å². The van der Waals surface area contributed by atoms with Gasteiger partial charge in [0.2, 0.25) is 0 Å². The maximum atomic E-state index is 3.89. The Morgan fingerprint density at radius 1 is 1.78 bits per heavy atom. The first-order valence-corrected chi connectivity index (χ1v) is 2.87. The van der Waals surface area contributed by atoms with Crippen LogP contribution in [0.3, 0.4) is 0 Å². The average Bonchev–Trinajstić information content (AvgIpc) is 2.37. The van der Waals surface area contributed by atoms with Crippen LogP contribution in [0.2, 0.25) is 0 Å². The lowest BCUT2D eigenvalue weighted by Crippen LogP contribution is -2.12. The molecule has 0 amide bonds. The van der Waals surface area contributed by atoms with E-state index in [0.29, 0.717) is 0 Å². The summed E-state index contributed by atoms with van der Waals surface area (Å²) >= 11 is 0. The van der Waals surface area contributed by atoms with E-state index in [4.69, 9.17) is 0 Å². The van der Waals surface area contributed by atoms with Gasteiger partial charge in [-0.05, 0) is 14.0 Å². The third-order valence-electron chi connectivity index (χ3n) is 1.31. The van der Waals surface area contributed by atoms with Gasteiger partial charge in [0.15, 0.2) is 0 Å². The van der Waals surface area contributed by atoms with E-state index in [9.17, 15) is 0 Å². The Balaban J connectivity index is 2.65. The van der Waals surface area contributed by atoms with Crippen LogP contribution in [0.4, 0.5) is 0 Å². The lowest BCUT2D eigenvalue weighted by molar-refractivity contribution is 0.630. The molecule has 1 unspecified atom stereocenters. The fourth-order valence-electron chi connectivity index (χ4n) is 0.567. The van der Waals surface area contributed by atoms with Crippen LogP contribution in [0.1, 0.15) is 18.7 Å². The van der Waals surface area contributed by atoms with Crippen LogP contribution in [0.5, 0.6) is 0 Å². The fraction of sp³-hybridized carbons (Fsp3) is 0.600. The number of H-pyrrole nitrogens is 1. The molecule has 0 fully saturated rings. The Morgan fingerprint density at radius 2 is 2.56 bits per heavy atom. The molecule has 0 saturated carbocycles. The lowest BCUT2D eigenvalue weighted by Gasteiger charge is -2.02. The second kappa shape index (κ2) is 2.59. The molecule has 1 heterocycles. The van der Waals surface area contributed by atoms with Crippen molar-refractivity contribution in [1.29, 1.82) is 0 Å². The minimum atomic E-state index is 0.281. The molecule has 0 spiro atoms. The predicted molar refractivity (Wildman–Crippen MR) is 33.9 cm³/mol. The van der Waals surface area contributed by atoms with E-state index in [1.807, 2.05) is 14.0 Å². The summed E-state index contributed by atoms with van der Waals surface area (Å²) in [5, 5.41) is 13.2. The number of nitrogens with one attached hydrogen (secondary N) is 2. The van der Waals surface area contributed by atoms with Crippen LogP contribution >= 0.6 is 0 Å². The third-order valence-corrected chi connectivity index (χ3v) is 1.31. The van der Waals surface area contributed by atoms with Gasteiger partial charge in [0.05, 0.1) is 11.9 Å². The summed E-state index contributed by atoms with van der Waals surface area (Å²) in [5.41, 5.74) is 0.942. The topological polar surface area (TPSA) is 53.6 Å². The minimum Gasteiger partial charge on any atom is -0.312 e. The van der Waals surface area contributed by atoms with Crippen LogP contribution in [0, 0.1) is 0 Å². The van der Waals surface area contributed by atoms with Gasteiger partial charge in [0, 0.05) is 6.04 Å². The van der Waals surface area contributed by atoms with E-state index in [-0.39, 0.29) is 6.04 Å². The minimum absolute atomic E-state index is 0.281. The molecule has 2 N–H and O–H groups in total. The van der Waals surface area contributed by atoms with Crippen LogP contribution in [0.15, 0.2) is 6.20 Å². The standard InChI is InChI=1S/C5H10N4/c1-4(6-2)5-3-7-9-8-5/h3-4,6H,1-2H3,(H,7,8,9). The molecule has 50 valence electrons. The summed E-state index contributed by atoms with van der Waals surface area (Å²) in [6.07, 6.45) is 1.71. The van der Waals surface area contributed by atoms with Crippen molar-refractivity contribution in [2.75, 3.05) is 7.05 Å². The number of rotatable bonds is 2. The molecular weight excluding hydrogens is 116 g/mol. The molecule has 0 radical (unpaired) electrons. The molecule has 0 aliphatic heterocycles. The van der Waals surface area contributed by atoms with Crippen molar-refractivity contribution in [2.24, 2.45) is 0 Å². The Hall–Kier alpha value is -0.900.